The molecule has 222 valence electrons. The van der Waals surface area contributed by atoms with Crippen LogP contribution in [0.4, 0.5) is 33.4 Å². The summed E-state index contributed by atoms with van der Waals surface area (Å²) in [6.07, 6.45) is 6.10. The van der Waals surface area contributed by atoms with E-state index in [1.54, 1.807) is 12.3 Å². The Morgan fingerprint density at radius 3 is 2.51 bits per heavy atom. The summed E-state index contributed by atoms with van der Waals surface area (Å²) in [4.78, 5) is 38.1. The summed E-state index contributed by atoms with van der Waals surface area (Å²) in [7, 11) is 0. The summed E-state index contributed by atoms with van der Waals surface area (Å²) < 4.78 is 5.53. The molecule has 1 aromatic heterocycles. The second-order valence-electron chi connectivity index (χ2n) is 10.7. The molecule has 0 radical (unpaired) electrons. The molecule has 0 atom stereocenters. The minimum absolute atomic E-state index is 0.0385. The summed E-state index contributed by atoms with van der Waals surface area (Å²) in [5.74, 6) is 0.436. The first-order valence-electron chi connectivity index (χ1n) is 14.6. The number of urea groups is 1. The maximum Gasteiger partial charge on any atom is 0.322 e. The lowest BCUT2D eigenvalue weighted by Gasteiger charge is -2.38. The van der Waals surface area contributed by atoms with Gasteiger partial charge in [-0.1, -0.05) is 43.0 Å². The first-order chi connectivity index (χ1) is 21.0. The molecule has 1 saturated carbocycles. The SMILES string of the molecule is [C-]#[N+]c1ccc(NC2CCC(N(C(=O)NCc3ccccc3)c3ccc(N4CCOCC4)c(NC(=O)C=C)c3)CC2)nc1. The maximum absolute atomic E-state index is 13.9. The van der Waals surface area contributed by atoms with Crippen LogP contribution in [0.5, 0.6) is 0 Å². The van der Waals surface area contributed by atoms with Gasteiger partial charge in [0.25, 0.3) is 0 Å². The van der Waals surface area contributed by atoms with Crippen molar-refractivity contribution in [3.05, 3.63) is 96.5 Å². The fraction of sp³-hybridized carbons (Fsp3) is 0.333. The highest BCUT2D eigenvalue weighted by molar-refractivity contribution is 6.02. The first-order valence-corrected chi connectivity index (χ1v) is 14.6. The van der Waals surface area contributed by atoms with Crippen molar-refractivity contribution in [2.24, 2.45) is 0 Å². The third-order valence-electron chi connectivity index (χ3n) is 7.85. The molecule has 1 saturated heterocycles. The Labute approximate surface area is 252 Å². The third-order valence-corrected chi connectivity index (χ3v) is 7.85. The van der Waals surface area contributed by atoms with E-state index in [9.17, 15) is 9.59 Å². The Bertz CT molecular complexity index is 1440. The molecule has 43 heavy (non-hydrogen) atoms. The number of hydrogen-bond acceptors (Lipinski definition) is 6. The molecule has 2 aromatic carbocycles. The number of benzene rings is 2. The molecule has 5 rings (SSSR count). The smallest absolute Gasteiger partial charge is 0.322 e. The molecule has 2 heterocycles. The molecule has 0 bridgehead atoms. The predicted molar refractivity (Wildman–Crippen MR) is 170 cm³/mol. The number of nitrogens with one attached hydrogen (secondary N) is 3. The molecule has 10 nitrogen and oxygen atoms in total. The van der Waals surface area contributed by atoms with Gasteiger partial charge in [0.05, 0.1) is 31.2 Å². The zero-order chi connectivity index (χ0) is 30.0. The van der Waals surface area contributed by atoms with E-state index >= 15 is 0 Å². The highest BCUT2D eigenvalue weighted by atomic mass is 16.5. The van der Waals surface area contributed by atoms with Gasteiger partial charge in [-0.05, 0) is 61.6 Å². The molecule has 2 aliphatic rings. The second-order valence-corrected chi connectivity index (χ2v) is 10.7. The third kappa shape index (κ3) is 7.70. The standard InChI is InChI=1S/C33H37N7O3/c1-3-32(41)38-29-21-28(14-15-30(29)39-17-19-43-20-18-39)40(33(42)36-22-24-7-5-4-6-8-24)27-12-9-25(10-13-27)37-31-16-11-26(34-2)23-35-31/h3-8,11,14-16,21,23,25,27H,1,9-10,12-13,17-20,22H2,(H,35,37)(H,36,42)(H,38,41). The van der Waals surface area contributed by atoms with Crippen molar-refractivity contribution in [1.82, 2.24) is 10.3 Å². The molecule has 3 amide bonds. The Hall–Kier alpha value is -4.88. The van der Waals surface area contributed by atoms with Gasteiger partial charge >= 0.3 is 6.03 Å². The molecular formula is C33H37N7O3. The molecule has 1 aliphatic carbocycles. The van der Waals surface area contributed by atoms with Crippen molar-refractivity contribution in [3.8, 4) is 0 Å². The fourth-order valence-electron chi connectivity index (χ4n) is 5.62. The van der Waals surface area contributed by atoms with E-state index in [4.69, 9.17) is 11.3 Å². The number of morpholine rings is 1. The van der Waals surface area contributed by atoms with Crippen LogP contribution in [0, 0.1) is 6.57 Å². The van der Waals surface area contributed by atoms with Gasteiger partial charge in [-0.25, -0.2) is 9.64 Å². The van der Waals surface area contributed by atoms with Gasteiger partial charge in [0.1, 0.15) is 5.82 Å². The zero-order valence-corrected chi connectivity index (χ0v) is 24.2. The number of aromatic nitrogens is 1. The van der Waals surface area contributed by atoms with Gasteiger partial charge in [-0.3, -0.25) is 14.7 Å². The minimum Gasteiger partial charge on any atom is -0.378 e. The minimum atomic E-state index is -0.309. The number of hydrogen-bond donors (Lipinski definition) is 3. The van der Waals surface area contributed by atoms with Gasteiger partial charge in [-0.2, -0.15) is 0 Å². The lowest BCUT2D eigenvalue weighted by molar-refractivity contribution is -0.111. The Balaban J connectivity index is 1.37. The summed E-state index contributed by atoms with van der Waals surface area (Å²) >= 11 is 0. The number of ether oxygens (including phenoxy) is 1. The number of amides is 3. The number of anilines is 4. The van der Waals surface area contributed by atoms with E-state index in [0.29, 0.717) is 44.2 Å². The van der Waals surface area contributed by atoms with Crippen molar-refractivity contribution in [1.29, 1.82) is 0 Å². The number of nitrogens with zero attached hydrogens (tertiary/aromatic N) is 4. The Kier molecular flexibility index (Phi) is 9.87. The number of pyridine rings is 1. The van der Waals surface area contributed by atoms with Crippen molar-refractivity contribution in [3.63, 3.8) is 0 Å². The number of rotatable bonds is 9. The van der Waals surface area contributed by atoms with E-state index in [1.807, 2.05) is 59.5 Å². The van der Waals surface area contributed by atoms with Crippen molar-refractivity contribution < 1.29 is 14.3 Å². The number of carbonyl (C=O) groups excluding carboxylic acids is 2. The molecule has 3 aromatic rings. The molecule has 0 unspecified atom stereocenters. The lowest BCUT2D eigenvalue weighted by atomic mass is 9.89. The van der Waals surface area contributed by atoms with Crippen LogP contribution in [-0.4, -0.2) is 55.3 Å². The van der Waals surface area contributed by atoms with E-state index in [0.717, 1.165) is 48.4 Å². The van der Waals surface area contributed by atoms with E-state index in [2.05, 4.69) is 37.3 Å². The van der Waals surface area contributed by atoms with E-state index < -0.39 is 0 Å². The Morgan fingerprint density at radius 1 is 1.07 bits per heavy atom. The van der Waals surface area contributed by atoms with Crippen LogP contribution in [-0.2, 0) is 16.1 Å². The Morgan fingerprint density at radius 2 is 1.84 bits per heavy atom. The van der Waals surface area contributed by atoms with E-state index in [-0.39, 0.29) is 24.0 Å². The second kappa shape index (κ2) is 14.3. The van der Waals surface area contributed by atoms with E-state index in [1.165, 1.54) is 6.08 Å². The van der Waals surface area contributed by atoms with Crippen LogP contribution < -0.4 is 25.8 Å². The molecule has 0 spiro atoms. The number of carbonyl (C=O) groups is 2. The molecule has 2 fully saturated rings. The van der Waals surface area contributed by atoms with Crippen LogP contribution in [0.15, 0.2) is 79.5 Å². The topological polar surface area (TPSA) is 103 Å². The predicted octanol–water partition coefficient (Wildman–Crippen LogP) is 5.73. The average molecular weight is 580 g/mol. The lowest BCUT2D eigenvalue weighted by Crippen LogP contribution is -2.48. The first kappa shape index (κ1) is 29.6. The maximum atomic E-state index is 13.9. The summed E-state index contributed by atoms with van der Waals surface area (Å²) in [5, 5.41) is 9.56. The molecule has 10 heteroatoms. The quantitative estimate of drug-likeness (QED) is 0.221. The zero-order valence-electron chi connectivity index (χ0n) is 24.2. The van der Waals surface area contributed by atoms with Crippen molar-refractivity contribution in [2.45, 2.75) is 44.3 Å². The van der Waals surface area contributed by atoms with Crippen molar-refractivity contribution >= 4 is 40.5 Å². The van der Waals surface area contributed by atoms with Crippen LogP contribution in [0.25, 0.3) is 4.85 Å². The van der Waals surface area contributed by atoms with Crippen LogP contribution in [0.2, 0.25) is 0 Å². The summed E-state index contributed by atoms with van der Waals surface area (Å²) in [6, 6.07) is 19.2. The van der Waals surface area contributed by atoms with Crippen LogP contribution in [0.1, 0.15) is 31.2 Å². The van der Waals surface area contributed by atoms with Gasteiger partial charge in [0.15, 0.2) is 0 Å². The average Bonchev–Trinajstić information content (AvgIpc) is 3.06. The summed E-state index contributed by atoms with van der Waals surface area (Å²) in [6.45, 7) is 13.8. The monoisotopic (exact) mass is 579 g/mol. The van der Waals surface area contributed by atoms with Crippen molar-refractivity contribution in [2.75, 3.05) is 46.7 Å². The molecular weight excluding hydrogens is 542 g/mol. The van der Waals surface area contributed by atoms with Gasteiger partial charge in [0.2, 0.25) is 11.6 Å². The van der Waals surface area contributed by atoms with Gasteiger partial charge < -0.3 is 25.6 Å². The summed E-state index contributed by atoms with van der Waals surface area (Å²) in [5.41, 5.74) is 3.76. The largest absolute Gasteiger partial charge is 0.378 e. The van der Waals surface area contributed by atoms with Crippen LogP contribution in [0.3, 0.4) is 0 Å². The normalized spacial score (nSPS) is 18.2. The van der Waals surface area contributed by atoms with Gasteiger partial charge in [-0.15, -0.1) is 0 Å². The van der Waals surface area contributed by atoms with Gasteiger partial charge in [0, 0.05) is 43.6 Å². The fourth-order valence-corrected chi connectivity index (χ4v) is 5.62. The highest BCUT2D eigenvalue weighted by Gasteiger charge is 2.31. The highest BCUT2D eigenvalue weighted by Crippen LogP contribution is 2.35. The van der Waals surface area contributed by atoms with Crippen LogP contribution >= 0.6 is 0 Å². The molecule has 3 N–H and O–H groups in total. The molecule has 1 aliphatic heterocycles.